The van der Waals surface area contributed by atoms with Gasteiger partial charge in [-0.2, -0.15) is 4.31 Å². The molecular formula is C25H35N3O5S. The highest BCUT2D eigenvalue weighted by Gasteiger charge is 2.26. The van der Waals surface area contributed by atoms with E-state index in [0.717, 1.165) is 42.9 Å². The van der Waals surface area contributed by atoms with Crippen LogP contribution < -0.4 is 19.7 Å². The van der Waals surface area contributed by atoms with Crippen molar-refractivity contribution in [2.75, 3.05) is 51.8 Å². The van der Waals surface area contributed by atoms with Crippen LogP contribution in [0.15, 0.2) is 41.3 Å². The predicted octanol–water partition coefficient (Wildman–Crippen LogP) is 3.31. The number of benzene rings is 2. The normalized spacial score (nSPS) is 13.9. The van der Waals surface area contributed by atoms with Gasteiger partial charge in [-0.3, -0.25) is 4.79 Å². The van der Waals surface area contributed by atoms with Gasteiger partial charge in [0.05, 0.1) is 24.7 Å². The largest absolute Gasteiger partial charge is 0.497 e. The third kappa shape index (κ3) is 5.64. The van der Waals surface area contributed by atoms with Crippen molar-refractivity contribution in [2.24, 2.45) is 0 Å². The maximum atomic E-state index is 13.3. The zero-order valence-electron chi connectivity index (χ0n) is 20.5. The van der Waals surface area contributed by atoms with Gasteiger partial charge >= 0.3 is 0 Å². The van der Waals surface area contributed by atoms with Crippen LogP contribution in [-0.2, 0) is 16.4 Å². The van der Waals surface area contributed by atoms with Crippen LogP contribution in [0.4, 0.5) is 5.69 Å². The minimum Gasteiger partial charge on any atom is -0.497 e. The van der Waals surface area contributed by atoms with Crippen LogP contribution >= 0.6 is 0 Å². The first-order valence-corrected chi connectivity index (χ1v) is 13.2. The summed E-state index contributed by atoms with van der Waals surface area (Å²) in [5.41, 5.74) is 2.07. The second-order valence-corrected chi connectivity index (χ2v) is 10.1. The lowest BCUT2D eigenvalue weighted by Crippen LogP contribution is -2.32. The lowest BCUT2D eigenvalue weighted by Gasteiger charge is -2.23. The molecule has 1 heterocycles. The summed E-state index contributed by atoms with van der Waals surface area (Å²) in [5.74, 6) is 1.15. The van der Waals surface area contributed by atoms with Gasteiger partial charge in [-0.15, -0.1) is 0 Å². The zero-order chi connectivity index (χ0) is 24.7. The maximum Gasteiger partial charge on any atom is 0.253 e. The van der Waals surface area contributed by atoms with Gasteiger partial charge in [0.25, 0.3) is 5.91 Å². The van der Waals surface area contributed by atoms with E-state index >= 15 is 0 Å². The lowest BCUT2D eigenvalue weighted by atomic mass is 10.1. The Balaban J connectivity index is 1.85. The summed E-state index contributed by atoms with van der Waals surface area (Å²) >= 11 is 0. The van der Waals surface area contributed by atoms with E-state index in [1.165, 1.54) is 10.4 Å². The number of sulfonamides is 1. The number of amides is 1. The first-order chi connectivity index (χ1) is 16.3. The molecule has 2 aromatic carbocycles. The van der Waals surface area contributed by atoms with Crippen molar-refractivity contribution in [2.45, 2.75) is 38.0 Å². The van der Waals surface area contributed by atoms with Crippen LogP contribution in [-0.4, -0.2) is 65.6 Å². The highest BCUT2D eigenvalue weighted by atomic mass is 32.2. The molecule has 8 nitrogen and oxygen atoms in total. The van der Waals surface area contributed by atoms with E-state index in [2.05, 4.69) is 10.2 Å². The summed E-state index contributed by atoms with van der Waals surface area (Å²) in [6.45, 7) is 6.43. The van der Waals surface area contributed by atoms with Gasteiger partial charge in [0.1, 0.15) is 11.5 Å². The van der Waals surface area contributed by atoms with E-state index in [0.29, 0.717) is 37.4 Å². The Morgan fingerprint density at radius 2 is 1.74 bits per heavy atom. The summed E-state index contributed by atoms with van der Waals surface area (Å²) in [6, 6.07) is 10.4. The zero-order valence-corrected chi connectivity index (χ0v) is 21.3. The molecule has 0 unspecified atom stereocenters. The Labute approximate surface area is 202 Å². The summed E-state index contributed by atoms with van der Waals surface area (Å²) in [5, 5.41) is 2.97. The Morgan fingerprint density at radius 3 is 2.35 bits per heavy atom. The Kier molecular flexibility index (Phi) is 8.79. The first kappa shape index (κ1) is 25.8. The summed E-state index contributed by atoms with van der Waals surface area (Å²) < 4.78 is 38.3. The molecule has 186 valence electrons. The highest BCUT2D eigenvalue weighted by Crippen LogP contribution is 2.29. The number of anilines is 1. The molecule has 1 fully saturated rings. The van der Waals surface area contributed by atoms with E-state index in [1.807, 2.05) is 18.2 Å². The standard InChI is InChI=1S/C25H35N3O5S/c1-5-28(6-2)34(30,31)21-10-11-23(27-15-7-8-16-27)22(18-21)25(29)26-14-13-19-17-20(32-3)9-12-24(19)33-4/h9-12,17-18H,5-8,13-16H2,1-4H3,(H,26,29). The quantitative estimate of drug-likeness (QED) is 0.521. The van der Waals surface area contributed by atoms with Gasteiger partial charge in [-0.05, 0) is 61.2 Å². The van der Waals surface area contributed by atoms with Crippen LogP contribution in [0.2, 0.25) is 0 Å². The number of carbonyl (C=O) groups excluding carboxylic acids is 1. The van der Waals surface area contributed by atoms with Crippen LogP contribution in [0.25, 0.3) is 0 Å². The maximum absolute atomic E-state index is 13.3. The number of nitrogens with zero attached hydrogens (tertiary/aromatic N) is 2. The van der Waals surface area contributed by atoms with Gasteiger partial charge in [-0.1, -0.05) is 13.8 Å². The second-order valence-electron chi connectivity index (χ2n) is 8.15. The van der Waals surface area contributed by atoms with Gasteiger partial charge in [0.2, 0.25) is 10.0 Å². The molecule has 0 aliphatic carbocycles. The van der Waals surface area contributed by atoms with Gasteiger partial charge in [0, 0.05) is 38.4 Å². The summed E-state index contributed by atoms with van der Waals surface area (Å²) in [4.78, 5) is 15.6. The monoisotopic (exact) mass is 489 g/mol. The molecule has 34 heavy (non-hydrogen) atoms. The number of ether oxygens (including phenoxy) is 2. The van der Waals surface area contributed by atoms with Crippen LogP contribution in [0.5, 0.6) is 11.5 Å². The number of nitrogens with one attached hydrogen (secondary N) is 1. The SMILES string of the molecule is CCN(CC)S(=O)(=O)c1ccc(N2CCCC2)c(C(=O)NCCc2cc(OC)ccc2OC)c1. The minimum atomic E-state index is -3.67. The molecule has 0 radical (unpaired) electrons. The Morgan fingerprint density at radius 1 is 1.03 bits per heavy atom. The molecule has 1 saturated heterocycles. The third-order valence-corrected chi connectivity index (χ3v) is 8.22. The second kappa shape index (κ2) is 11.6. The van der Waals surface area contributed by atoms with Crippen molar-refractivity contribution in [3.63, 3.8) is 0 Å². The average molecular weight is 490 g/mol. The summed E-state index contributed by atoms with van der Waals surface area (Å²) in [7, 11) is -0.464. The predicted molar refractivity (Wildman–Crippen MR) is 134 cm³/mol. The molecule has 0 atom stereocenters. The molecule has 0 spiro atoms. The minimum absolute atomic E-state index is 0.138. The van der Waals surface area contributed by atoms with Crippen molar-refractivity contribution in [3.8, 4) is 11.5 Å². The number of hydrogen-bond acceptors (Lipinski definition) is 6. The average Bonchev–Trinajstić information content (AvgIpc) is 3.39. The molecular weight excluding hydrogens is 454 g/mol. The van der Waals surface area contributed by atoms with Crippen molar-refractivity contribution >= 4 is 21.6 Å². The molecule has 2 aromatic rings. The lowest BCUT2D eigenvalue weighted by molar-refractivity contribution is 0.0954. The van der Waals surface area contributed by atoms with Gasteiger partial charge in [-0.25, -0.2) is 8.42 Å². The molecule has 1 N–H and O–H groups in total. The van der Waals surface area contributed by atoms with Gasteiger partial charge < -0.3 is 19.7 Å². The van der Waals surface area contributed by atoms with E-state index < -0.39 is 10.0 Å². The Hall–Kier alpha value is -2.78. The van der Waals surface area contributed by atoms with Crippen molar-refractivity contribution in [1.29, 1.82) is 0 Å². The topological polar surface area (TPSA) is 88.2 Å². The first-order valence-electron chi connectivity index (χ1n) is 11.7. The van der Waals surface area contributed by atoms with E-state index in [1.54, 1.807) is 40.2 Å². The molecule has 1 aliphatic heterocycles. The van der Waals surface area contributed by atoms with Crippen LogP contribution in [0, 0.1) is 0 Å². The summed E-state index contributed by atoms with van der Waals surface area (Å²) in [6.07, 6.45) is 2.65. The van der Waals surface area contributed by atoms with E-state index in [4.69, 9.17) is 9.47 Å². The molecule has 1 aliphatic rings. The number of rotatable bonds is 11. The Bertz CT molecular complexity index is 1090. The van der Waals surface area contributed by atoms with E-state index in [-0.39, 0.29) is 10.8 Å². The van der Waals surface area contributed by atoms with Gasteiger partial charge in [0.15, 0.2) is 0 Å². The fourth-order valence-corrected chi connectivity index (χ4v) is 5.77. The van der Waals surface area contributed by atoms with Crippen LogP contribution in [0.3, 0.4) is 0 Å². The molecule has 0 saturated carbocycles. The highest BCUT2D eigenvalue weighted by molar-refractivity contribution is 7.89. The molecule has 0 bridgehead atoms. The molecule has 9 heteroatoms. The number of carbonyl (C=O) groups is 1. The number of hydrogen-bond donors (Lipinski definition) is 1. The van der Waals surface area contributed by atoms with Crippen molar-refractivity contribution in [1.82, 2.24) is 9.62 Å². The molecule has 1 amide bonds. The fourth-order valence-electron chi connectivity index (χ4n) is 4.29. The third-order valence-electron chi connectivity index (χ3n) is 6.17. The van der Waals surface area contributed by atoms with Crippen molar-refractivity contribution < 1.29 is 22.7 Å². The fraction of sp³-hybridized carbons (Fsp3) is 0.480. The smallest absolute Gasteiger partial charge is 0.253 e. The van der Waals surface area contributed by atoms with E-state index in [9.17, 15) is 13.2 Å². The van der Waals surface area contributed by atoms with Crippen LogP contribution in [0.1, 0.15) is 42.6 Å². The molecule has 3 rings (SSSR count). The van der Waals surface area contributed by atoms with Crippen molar-refractivity contribution in [3.05, 3.63) is 47.5 Å². The number of methoxy groups -OCH3 is 2. The molecule has 0 aromatic heterocycles.